The minimum atomic E-state index is -2.66. The number of hydrogen-bond donors (Lipinski definition) is 0. The van der Waals surface area contributed by atoms with Gasteiger partial charge in [-0.25, -0.2) is 24.0 Å². The van der Waals surface area contributed by atoms with Crippen molar-refractivity contribution < 1.29 is 27.9 Å². The summed E-state index contributed by atoms with van der Waals surface area (Å²) < 4.78 is 43.4. The molecule has 0 aliphatic carbocycles. The van der Waals surface area contributed by atoms with Crippen molar-refractivity contribution in [2.75, 3.05) is 6.61 Å². The van der Waals surface area contributed by atoms with Gasteiger partial charge in [-0.2, -0.15) is 10.1 Å². The molecule has 1 saturated heterocycles. The molecule has 5 rings (SSSR count). The number of ether oxygens (including phenoxy) is 3. The number of esters is 2. The summed E-state index contributed by atoms with van der Waals surface area (Å²) in [5, 5.41) is 3.90. The third-order valence-electron chi connectivity index (χ3n) is 6.27. The number of carbonyl (C=O) groups is 2. The molecule has 1 aliphatic rings. The van der Waals surface area contributed by atoms with Crippen LogP contribution in [0.15, 0.2) is 72.2 Å². The van der Waals surface area contributed by atoms with Gasteiger partial charge in [-0.15, -0.1) is 0 Å². The molecule has 0 N–H and O–H groups in total. The first-order chi connectivity index (χ1) is 20.0. The Morgan fingerprint density at radius 3 is 2.33 bits per heavy atom. The van der Waals surface area contributed by atoms with Gasteiger partial charge in [0.15, 0.2) is 5.82 Å². The first kappa shape index (κ1) is 22.4. The third kappa shape index (κ3) is 5.78. The number of aromatic nitrogens is 5. The molecular formula is C28H27N5O6. The Hall–Kier alpha value is -4.64. The van der Waals surface area contributed by atoms with E-state index in [4.69, 9.17) is 18.3 Å². The number of hydrogen-bond acceptors (Lipinski definition) is 9. The summed E-state index contributed by atoms with van der Waals surface area (Å²) in [6.45, 7) is 0.820. The third-order valence-corrected chi connectivity index (χ3v) is 6.27. The van der Waals surface area contributed by atoms with Crippen LogP contribution in [0.3, 0.4) is 0 Å². The fraction of sp³-hybridized carbons (Fsp3) is 0.286. The zero-order valence-electron chi connectivity index (χ0n) is 24.2. The highest BCUT2D eigenvalue weighted by atomic mass is 16.6. The molecule has 2 aromatic heterocycles. The smallest absolute Gasteiger partial charge is 0.351 e. The van der Waals surface area contributed by atoms with Gasteiger partial charge in [0.05, 0.1) is 11.1 Å². The standard InChI is InChI=1S/C28H27N5O6/c1-17-4-8-20(9-5-17)26(34)37-14-23-22(39-27(35)21-10-6-18(2)7-11-21)12-24(38-23)32-13-19(3)25(31-28(32)36)33-16-29-15-30-33/h4-11,13,15-16,22-24H,12,14H2,1-3H3/t22-,23+,24+/m0/s1/i3D3. The monoisotopic (exact) mass is 532 g/mol. The molecule has 0 bridgehead atoms. The minimum absolute atomic E-state index is 0.0327. The van der Waals surface area contributed by atoms with E-state index in [1.165, 1.54) is 12.7 Å². The van der Waals surface area contributed by atoms with Gasteiger partial charge < -0.3 is 14.2 Å². The predicted molar refractivity (Wildman–Crippen MR) is 139 cm³/mol. The Balaban J connectivity index is 1.42. The van der Waals surface area contributed by atoms with E-state index < -0.39 is 42.9 Å². The minimum Gasteiger partial charge on any atom is -0.459 e. The molecule has 2 aromatic carbocycles. The molecule has 0 unspecified atom stereocenters. The predicted octanol–water partition coefficient (Wildman–Crippen LogP) is 3.12. The highest BCUT2D eigenvalue weighted by molar-refractivity contribution is 5.90. The molecule has 11 nitrogen and oxygen atoms in total. The van der Waals surface area contributed by atoms with Crippen molar-refractivity contribution in [2.45, 2.75) is 45.6 Å². The first-order valence-corrected chi connectivity index (χ1v) is 12.1. The van der Waals surface area contributed by atoms with Crippen LogP contribution in [0.25, 0.3) is 5.82 Å². The van der Waals surface area contributed by atoms with Gasteiger partial charge in [0.25, 0.3) is 0 Å². The molecule has 39 heavy (non-hydrogen) atoms. The summed E-state index contributed by atoms with van der Waals surface area (Å²) in [6, 6.07) is 13.6. The quantitative estimate of drug-likeness (QED) is 0.330. The normalized spacial score (nSPS) is 20.1. The number of aryl methyl sites for hydroxylation is 3. The van der Waals surface area contributed by atoms with E-state index in [1.54, 1.807) is 48.5 Å². The second-order valence-corrected chi connectivity index (χ2v) is 9.15. The largest absolute Gasteiger partial charge is 0.459 e. The van der Waals surface area contributed by atoms with Crippen molar-refractivity contribution in [2.24, 2.45) is 0 Å². The Bertz CT molecular complexity index is 1640. The highest BCUT2D eigenvalue weighted by Gasteiger charge is 2.40. The molecule has 0 amide bonds. The van der Waals surface area contributed by atoms with Crippen LogP contribution in [-0.2, 0) is 14.2 Å². The second kappa shape index (κ2) is 11.0. The highest BCUT2D eigenvalue weighted by Crippen LogP contribution is 2.31. The molecule has 3 atom stereocenters. The summed E-state index contributed by atoms with van der Waals surface area (Å²) in [7, 11) is 0. The maximum atomic E-state index is 13.1. The fourth-order valence-electron chi connectivity index (χ4n) is 4.13. The van der Waals surface area contributed by atoms with Crippen LogP contribution in [0, 0.1) is 20.7 Å². The Morgan fingerprint density at radius 2 is 1.72 bits per heavy atom. The summed E-state index contributed by atoms with van der Waals surface area (Å²) in [5.41, 5.74) is 1.48. The number of benzene rings is 2. The van der Waals surface area contributed by atoms with Gasteiger partial charge in [-0.3, -0.25) is 4.57 Å². The van der Waals surface area contributed by atoms with Crippen molar-refractivity contribution in [3.63, 3.8) is 0 Å². The molecule has 200 valence electrons. The van der Waals surface area contributed by atoms with Crippen LogP contribution in [0.1, 0.15) is 54.2 Å². The maximum Gasteiger partial charge on any atom is 0.351 e. The molecule has 1 fully saturated rings. The van der Waals surface area contributed by atoms with Gasteiger partial charge >= 0.3 is 17.6 Å². The van der Waals surface area contributed by atoms with E-state index in [2.05, 4.69) is 15.1 Å². The van der Waals surface area contributed by atoms with E-state index in [9.17, 15) is 14.4 Å². The second-order valence-electron chi connectivity index (χ2n) is 9.15. The van der Waals surface area contributed by atoms with Gasteiger partial charge in [0.1, 0.15) is 37.7 Å². The lowest BCUT2D eigenvalue weighted by Crippen LogP contribution is -2.32. The SMILES string of the molecule is [2H]C([2H])([2H])c1cn([C@H]2C[C@H](OC(=O)c3ccc(C)cc3)[C@@H](COC(=O)c3ccc(C)cc3)O2)c(=O)nc1-n1cncn1. The molecule has 11 heteroatoms. The summed E-state index contributed by atoms with van der Waals surface area (Å²) in [4.78, 5) is 46.5. The molecule has 4 aromatic rings. The fourth-order valence-corrected chi connectivity index (χ4v) is 4.13. The molecule has 3 heterocycles. The Labute approximate surface area is 228 Å². The average molecular weight is 533 g/mol. The van der Waals surface area contributed by atoms with Crippen molar-refractivity contribution >= 4 is 11.9 Å². The zero-order chi connectivity index (χ0) is 30.0. The molecular weight excluding hydrogens is 502 g/mol. The lowest BCUT2D eigenvalue weighted by Gasteiger charge is -2.19. The van der Waals surface area contributed by atoms with Crippen molar-refractivity contribution in [3.05, 3.63) is 106 Å². The van der Waals surface area contributed by atoms with Crippen LogP contribution in [-0.4, -0.2) is 55.1 Å². The lowest BCUT2D eigenvalue weighted by molar-refractivity contribution is -0.0582. The Morgan fingerprint density at radius 1 is 1.05 bits per heavy atom. The van der Waals surface area contributed by atoms with E-state index in [0.717, 1.165) is 26.6 Å². The number of carbonyl (C=O) groups excluding carboxylic acids is 2. The maximum absolute atomic E-state index is 13.1. The summed E-state index contributed by atoms with van der Waals surface area (Å²) in [5.74, 6) is -1.43. The van der Waals surface area contributed by atoms with Crippen LogP contribution in [0.5, 0.6) is 0 Å². The average Bonchev–Trinajstić information content (AvgIpc) is 3.62. The zero-order valence-corrected chi connectivity index (χ0v) is 21.2. The van der Waals surface area contributed by atoms with Gasteiger partial charge in [0.2, 0.25) is 0 Å². The number of rotatable bonds is 7. The summed E-state index contributed by atoms with van der Waals surface area (Å²) in [6.07, 6.45) is 0.538. The van der Waals surface area contributed by atoms with Gasteiger partial charge in [0, 0.05) is 22.3 Å². The summed E-state index contributed by atoms with van der Waals surface area (Å²) >= 11 is 0. The van der Waals surface area contributed by atoms with E-state index in [-0.39, 0.29) is 24.4 Å². The van der Waals surface area contributed by atoms with Crippen molar-refractivity contribution in [1.29, 1.82) is 0 Å². The first-order valence-electron chi connectivity index (χ1n) is 13.6. The Kier molecular flexibility index (Phi) is 6.30. The number of nitrogens with zero attached hydrogens (tertiary/aromatic N) is 5. The topological polar surface area (TPSA) is 127 Å². The van der Waals surface area contributed by atoms with Crippen LogP contribution in [0.4, 0.5) is 0 Å². The van der Waals surface area contributed by atoms with Crippen LogP contribution in [0.2, 0.25) is 0 Å². The molecule has 0 spiro atoms. The van der Waals surface area contributed by atoms with Gasteiger partial charge in [-0.1, -0.05) is 35.4 Å². The molecule has 1 aliphatic heterocycles. The molecule has 0 saturated carbocycles. The molecule has 0 radical (unpaired) electrons. The van der Waals surface area contributed by atoms with Crippen molar-refractivity contribution in [1.82, 2.24) is 24.3 Å². The van der Waals surface area contributed by atoms with Crippen LogP contribution < -0.4 is 5.69 Å². The lowest BCUT2D eigenvalue weighted by atomic mass is 10.1. The van der Waals surface area contributed by atoms with E-state index >= 15 is 0 Å². The van der Waals surface area contributed by atoms with E-state index in [0.29, 0.717) is 11.1 Å². The van der Waals surface area contributed by atoms with E-state index in [1.807, 2.05) is 13.8 Å². The van der Waals surface area contributed by atoms with Crippen molar-refractivity contribution in [3.8, 4) is 5.82 Å². The van der Waals surface area contributed by atoms with Gasteiger partial charge in [-0.05, 0) is 45.0 Å². The van der Waals surface area contributed by atoms with Crippen LogP contribution >= 0.6 is 0 Å².